The molecule has 5 heteroatoms. The number of aromatic nitrogens is 3. The Morgan fingerprint density at radius 3 is 2.60 bits per heavy atom. The van der Waals surface area contributed by atoms with Crippen molar-refractivity contribution in [2.24, 2.45) is 0 Å². The normalized spacial score (nSPS) is 21.6. The summed E-state index contributed by atoms with van der Waals surface area (Å²) in [5.74, 6) is 0. The summed E-state index contributed by atoms with van der Waals surface area (Å²) in [6, 6.07) is 0. The molecule has 20 heavy (non-hydrogen) atoms. The molecular weight excluding hydrogens is 252 g/mol. The van der Waals surface area contributed by atoms with Crippen molar-refractivity contribution >= 4 is 0 Å². The quantitative estimate of drug-likeness (QED) is 0.869. The first-order chi connectivity index (χ1) is 9.63. The molecule has 1 N–H and O–H groups in total. The van der Waals surface area contributed by atoms with Gasteiger partial charge in [-0.15, -0.1) is 5.10 Å². The Kier molecular flexibility index (Phi) is 5.16. The number of hydrogen-bond acceptors (Lipinski definition) is 4. The van der Waals surface area contributed by atoms with Gasteiger partial charge in [0.25, 0.3) is 0 Å². The maximum atomic E-state index is 10.9. The van der Waals surface area contributed by atoms with E-state index >= 15 is 0 Å². The van der Waals surface area contributed by atoms with Crippen LogP contribution in [0, 0.1) is 0 Å². The molecule has 0 aliphatic carbocycles. The van der Waals surface area contributed by atoms with Gasteiger partial charge in [0.05, 0.1) is 11.9 Å². The Morgan fingerprint density at radius 2 is 2.00 bits per heavy atom. The summed E-state index contributed by atoms with van der Waals surface area (Å²) in [7, 11) is 0. The maximum absolute atomic E-state index is 10.9. The molecular formula is C15H28N4O. The summed E-state index contributed by atoms with van der Waals surface area (Å²) in [4.78, 5) is 2.45. The molecule has 0 saturated carbocycles. The van der Waals surface area contributed by atoms with Crippen LogP contribution in [0.25, 0.3) is 0 Å². The molecule has 114 valence electrons. The molecule has 2 unspecified atom stereocenters. The van der Waals surface area contributed by atoms with Gasteiger partial charge in [-0.25, -0.2) is 4.68 Å². The monoisotopic (exact) mass is 280 g/mol. The van der Waals surface area contributed by atoms with Gasteiger partial charge in [0.15, 0.2) is 0 Å². The van der Waals surface area contributed by atoms with Crippen molar-refractivity contribution in [2.75, 3.05) is 13.1 Å². The molecule has 2 atom stereocenters. The average Bonchev–Trinajstić information content (AvgIpc) is 2.95. The van der Waals surface area contributed by atoms with E-state index in [0.29, 0.717) is 0 Å². The van der Waals surface area contributed by atoms with Crippen LogP contribution in [0.2, 0.25) is 0 Å². The van der Waals surface area contributed by atoms with Gasteiger partial charge in [0, 0.05) is 12.1 Å². The van der Waals surface area contributed by atoms with Gasteiger partial charge in [-0.3, -0.25) is 4.90 Å². The molecule has 1 aliphatic heterocycles. The van der Waals surface area contributed by atoms with E-state index in [1.165, 1.54) is 19.3 Å². The highest BCUT2D eigenvalue weighted by atomic mass is 16.3. The van der Waals surface area contributed by atoms with Crippen molar-refractivity contribution < 1.29 is 5.11 Å². The first-order valence-corrected chi connectivity index (χ1v) is 7.95. The smallest absolute Gasteiger partial charge is 0.115 e. The molecule has 1 aliphatic rings. The number of likely N-dealkylation sites (tertiary alicyclic amines) is 1. The van der Waals surface area contributed by atoms with Crippen LogP contribution < -0.4 is 0 Å². The predicted molar refractivity (Wildman–Crippen MR) is 79.4 cm³/mol. The molecule has 0 amide bonds. The first-order valence-electron chi connectivity index (χ1n) is 7.95. The molecule has 0 bridgehead atoms. The minimum Gasteiger partial charge on any atom is -0.385 e. The average molecular weight is 280 g/mol. The SMILES string of the molecule is CCCn1nncc1C(O)C(C)(CC)N1CCCCC1. The second-order valence-corrected chi connectivity index (χ2v) is 6.04. The number of aliphatic hydroxyl groups is 1. The van der Waals surface area contributed by atoms with E-state index in [2.05, 4.69) is 36.0 Å². The van der Waals surface area contributed by atoms with Crippen LogP contribution in [0.5, 0.6) is 0 Å². The van der Waals surface area contributed by atoms with Gasteiger partial charge in [-0.1, -0.05) is 25.5 Å². The number of aryl methyl sites for hydroxylation is 1. The van der Waals surface area contributed by atoms with Crippen molar-refractivity contribution in [3.05, 3.63) is 11.9 Å². The van der Waals surface area contributed by atoms with Gasteiger partial charge < -0.3 is 5.11 Å². The Morgan fingerprint density at radius 1 is 1.30 bits per heavy atom. The number of rotatable bonds is 6. The zero-order valence-electron chi connectivity index (χ0n) is 13.0. The van der Waals surface area contributed by atoms with Crippen molar-refractivity contribution in [1.29, 1.82) is 0 Å². The highest BCUT2D eigenvalue weighted by Gasteiger charge is 2.40. The van der Waals surface area contributed by atoms with Crippen LogP contribution >= 0.6 is 0 Å². The molecule has 2 heterocycles. The molecule has 0 spiro atoms. The van der Waals surface area contributed by atoms with E-state index in [1.54, 1.807) is 6.20 Å². The topological polar surface area (TPSA) is 54.2 Å². The number of hydrogen-bond donors (Lipinski definition) is 1. The van der Waals surface area contributed by atoms with E-state index in [1.807, 2.05) is 4.68 Å². The van der Waals surface area contributed by atoms with Crippen molar-refractivity contribution in [1.82, 2.24) is 19.9 Å². The summed E-state index contributed by atoms with van der Waals surface area (Å²) < 4.78 is 1.85. The number of aliphatic hydroxyl groups excluding tert-OH is 1. The molecule has 1 aromatic rings. The molecule has 2 rings (SSSR count). The minimum atomic E-state index is -0.535. The Balaban J connectivity index is 2.22. The zero-order valence-corrected chi connectivity index (χ0v) is 13.0. The lowest BCUT2D eigenvalue weighted by molar-refractivity contribution is -0.0392. The van der Waals surface area contributed by atoms with E-state index in [4.69, 9.17) is 0 Å². The van der Waals surface area contributed by atoms with Crippen molar-refractivity contribution in [2.45, 2.75) is 71.1 Å². The highest BCUT2D eigenvalue weighted by molar-refractivity contribution is 5.09. The van der Waals surface area contributed by atoms with Gasteiger partial charge >= 0.3 is 0 Å². The molecule has 5 nitrogen and oxygen atoms in total. The number of piperidine rings is 1. The van der Waals surface area contributed by atoms with Crippen molar-refractivity contribution in [3.8, 4) is 0 Å². The standard InChI is InChI=1S/C15H28N4O/c1-4-9-19-13(12-16-17-19)14(20)15(3,5-2)18-10-7-6-8-11-18/h12,14,20H,4-11H2,1-3H3. The van der Waals surface area contributed by atoms with Gasteiger partial charge in [0.2, 0.25) is 0 Å². The predicted octanol–water partition coefficient (Wildman–Crippen LogP) is 2.38. The van der Waals surface area contributed by atoms with E-state index < -0.39 is 6.10 Å². The Bertz CT molecular complexity index is 414. The summed E-state index contributed by atoms with van der Waals surface area (Å²) in [6.07, 6.45) is 6.87. The second-order valence-electron chi connectivity index (χ2n) is 6.04. The third-order valence-corrected chi connectivity index (χ3v) is 4.75. The summed E-state index contributed by atoms with van der Waals surface area (Å²) in [6.45, 7) is 9.42. The van der Waals surface area contributed by atoms with Crippen LogP contribution in [0.4, 0.5) is 0 Å². The molecule has 0 aromatic carbocycles. The van der Waals surface area contributed by atoms with Gasteiger partial charge in [0.1, 0.15) is 6.10 Å². The fourth-order valence-electron chi connectivity index (χ4n) is 3.18. The third-order valence-electron chi connectivity index (χ3n) is 4.75. The van der Waals surface area contributed by atoms with Crippen LogP contribution in [0.15, 0.2) is 6.20 Å². The highest BCUT2D eigenvalue weighted by Crippen LogP contribution is 2.35. The third kappa shape index (κ3) is 2.88. The van der Waals surface area contributed by atoms with E-state index in [-0.39, 0.29) is 5.54 Å². The number of nitrogens with zero attached hydrogens (tertiary/aromatic N) is 4. The lowest BCUT2D eigenvalue weighted by atomic mass is 9.86. The van der Waals surface area contributed by atoms with Crippen LogP contribution in [-0.4, -0.2) is 43.6 Å². The van der Waals surface area contributed by atoms with Crippen LogP contribution in [0.3, 0.4) is 0 Å². The van der Waals surface area contributed by atoms with Crippen molar-refractivity contribution in [3.63, 3.8) is 0 Å². The largest absolute Gasteiger partial charge is 0.385 e. The zero-order chi connectivity index (χ0) is 14.6. The molecule has 1 aromatic heterocycles. The Labute approximate surface area is 122 Å². The van der Waals surface area contributed by atoms with E-state index in [9.17, 15) is 5.11 Å². The summed E-state index contributed by atoms with van der Waals surface area (Å²) in [5, 5.41) is 19.0. The lowest BCUT2D eigenvalue weighted by Crippen LogP contribution is -2.52. The van der Waals surface area contributed by atoms with Gasteiger partial charge in [-0.2, -0.15) is 0 Å². The Hall–Kier alpha value is -0.940. The minimum absolute atomic E-state index is 0.229. The molecule has 1 saturated heterocycles. The van der Waals surface area contributed by atoms with E-state index in [0.717, 1.165) is 38.2 Å². The summed E-state index contributed by atoms with van der Waals surface area (Å²) >= 11 is 0. The van der Waals surface area contributed by atoms with Gasteiger partial charge in [-0.05, 0) is 45.7 Å². The molecule has 0 radical (unpaired) electrons. The summed E-state index contributed by atoms with van der Waals surface area (Å²) in [5.41, 5.74) is 0.620. The van der Waals surface area contributed by atoms with Crippen LogP contribution in [-0.2, 0) is 6.54 Å². The fourth-order valence-corrected chi connectivity index (χ4v) is 3.18. The van der Waals surface area contributed by atoms with Crippen LogP contribution in [0.1, 0.15) is 64.7 Å². The second kappa shape index (κ2) is 6.68. The lowest BCUT2D eigenvalue weighted by Gasteiger charge is -2.45. The maximum Gasteiger partial charge on any atom is 0.115 e. The fraction of sp³-hybridized carbons (Fsp3) is 0.867. The first kappa shape index (κ1) is 15.4. The molecule has 1 fully saturated rings.